The summed E-state index contributed by atoms with van der Waals surface area (Å²) in [6.45, 7) is 10.9. The number of hydrogen-bond acceptors (Lipinski definition) is 4. The van der Waals surface area contributed by atoms with E-state index < -0.39 is 5.79 Å². The molecule has 0 aliphatic carbocycles. The van der Waals surface area contributed by atoms with Crippen molar-refractivity contribution in [1.82, 2.24) is 4.72 Å². The molecule has 3 aromatic rings. The van der Waals surface area contributed by atoms with Gasteiger partial charge in [0.05, 0.1) is 0 Å². The maximum absolute atomic E-state index is 6.43. The van der Waals surface area contributed by atoms with Gasteiger partial charge in [0.25, 0.3) is 5.79 Å². The maximum Gasteiger partial charge on any atom is 0.278 e. The molecule has 33 heavy (non-hydrogen) atoms. The molecule has 1 atom stereocenters. The molecule has 1 N–H and O–H groups in total. The fourth-order valence-electron chi connectivity index (χ4n) is 3.32. The van der Waals surface area contributed by atoms with E-state index in [9.17, 15) is 0 Å². The number of hydrogen-bond donors (Lipinski definition) is 1. The standard InChI is InChI=1S/C25H25NO2S.C4H8/c1-19(2)15-16-25(21-11-7-4-8-12-21)27-23-14-13-22(17-24(23)28-25)29-26-18-20-9-5-3-6-10-20;1-3-4-2/h3-14,17,26H,1,15-16,18H2,2H3;3-4H,1-2H3/b;4-3-. The number of rotatable bonds is 8. The summed E-state index contributed by atoms with van der Waals surface area (Å²) in [6, 6.07) is 26.6. The highest BCUT2D eigenvalue weighted by Gasteiger charge is 2.43. The lowest BCUT2D eigenvalue weighted by molar-refractivity contribution is -0.0927. The highest BCUT2D eigenvalue weighted by atomic mass is 32.2. The van der Waals surface area contributed by atoms with Gasteiger partial charge >= 0.3 is 0 Å². The zero-order valence-corrected chi connectivity index (χ0v) is 20.5. The number of ether oxygens (including phenoxy) is 2. The maximum atomic E-state index is 6.43. The van der Waals surface area contributed by atoms with E-state index in [0.29, 0.717) is 0 Å². The molecule has 0 aromatic heterocycles. The van der Waals surface area contributed by atoms with Crippen molar-refractivity contribution in [2.24, 2.45) is 0 Å². The molecule has 4 heteroatoms. The van der Waals surface area contributed by atoms with Gasteiger partial charge in [0.15, 0.2) is 11.5 Å². The molecule has 1 heterocycles. The van der Waals surface area contributed by atoms with Crippen molar-refractivity contribution in [2.75, 3.05) is 0 Å². The first kappa shape index (κ1) is 24.7. The van der Waals surface area contributed by atoms with Crippen molar-refractivity contribution in [3.63, 3.8) is 0 Å². The molecule has 0 spiro atoms. The zero-order valence-electron chi connectivity index (χ0n) is 19.7. The molecule has 4 rings (SSSR count). The molecule has 1 unspecified atom stereocenters. The van der Waals surface area contributed by atoms with E-state index in [1.54, 1.807) is 11.9 Å². The van der Waals surface area contributed by atoms with E-state index in [-0.39, 0.29) is 0 Å². The summed E-state index contributed by atoms with van der Waals surface area (Å²) < 4.78 is 16.2. The normalized spacial score (nSPS) is 16.3. The second kappa shape index (κ2) is 12.3. The van der Waals surface area contributed by atoms with E-state index in [0.717, 1.165) is 46.9 Å². The fourth-order valence-corrected chi connectivity index (χ4v) is 4.03. The Balaban J connectivity index is 0.000000709. The lowest BCUT2D eigenvalue weighted by Gasteiger charge is -2.28. The van der Waals surface area contributed by atoms with Gasteiger partial charge in [0.1, 0.15) is 0 Å². The Labute approximate surface area is 202 Å². The van der Waals surface area contributed by atoms with Gasteiger partial charge in [-0.1, -0.05) is 78.4 Å². The first-order valence-corrected chi connectivity index (χ1v) is 12.1. The molecule has 3 nitrogen and oxygen atoms in total. The summed E-state index contributed by atoms with van der Waals surface area (Å²) >= 11 is 1.60. The molecule has 1 aliphatic heterocycles. The third-order valence-corrected chi connectivity index (χ3v) is 5.98. The summed E-state index contributed by atoms with van der Waals surface area (Å²) in [5, 5.41) is 0. The highest BCUT2D eigenvalue weighted by molar-refractivity contribution is 7.97. The molecule has 0 saturated heterocycles. The smallest absolute Gasteiger partial charge is 0.278 e. The predicted molar refractivity (Wildman–Crippen MR) is 139 cm³/mol. The summed E-state index contributed by atoms with van der Waals surface area (Å²) in [6.07, 6.45) is 5.55. The summed E-state index contributed by atoms with van der Waals surface area (Å²) in [4.78, 5) is 1.09. The lowest BCUT2D eigenvalue weighted by atomic mass is 9.98. The number of benzene rings is 3. The SMILES string of the molecule is C/C=C\C.C=C(C)CCC1(c2ccccc2)Oc2ccc(SNCc3ccccc3)cc2O1. The largest absolute Gasteiger partial charge is 0.444 e. The van der Waals surface area contributed by atoms with E-state index in [1.807, 2.05) is 69.3 Å². The van der Waals surface area contributed by atoms with Gasteiger partial charge in [-0.3, -0.25) is 4.72 Å². The number of nitrogens with one attached hydrogen (secondary N) is 1. The van der Waals surface area contributed by atoms with Crippen LogP contribution < -0.4 is 14.2 Å². The monoisotopic (exact) mass is 459 g/mol. The van der Waals surface area contributed by atoms with Gasteiger partial charge in [-0.15, -0.1) is 6.58 Å². The first-order chi connectivity index (χ1) is 16.1. The third-order valence-electron chi connectivity index (χ3n) is 5.20. The Hall–Kier alpha value is -2.95. The number of fused-ring (bicyclic) bond motifs is 1. The van der Waals surface area contributed by atoms with Crippen LogP contribution in [0.25, 0.3) is 0 Å². The second-order valence-electron chi connectivity index (χ2n) is 7.96. The van der Waals surface area contributed by atoms with Gasteiger partial charge in [0.2, 0.25) is 0 Å². The third kappa shape index (κ3) is 7.01. The minimum atomic E-state index is -0.802. The molecule has 0 radical (unpaired) electrons. The molecule has 0 amide bonds. The highest BCUT2D eigenvalue weighted by Crippen LogP contribution is 2.47. The Bertz CT molecular complexity index is 1050. The Morgan fingerprint density at radius 3 is 2.18 bits per heavy atom. The van der Waals surface area contributed by atoms with Crippen molar-refractivity contribution in [1.29, 1.82) is 0 Å². The summed E-state index contributed by atoms with van der Waals surface area (Å²) in [5.74, 6) is 0.758. The minimum absolute atomic E-state index is 0.718. The van der Waals surface area contributed by atoms with Gasteiger partial charge < -0.3 is 9.47 Å². The molecule has 3 aromatic carbocycles. The predicted octanol–water partition coefficient (Wildman–Crippen LogP) is 8.05. The Kier molecular flexibility index (Phi) is 9.23. The van der Waals surface area contributed by atoms with Crippen LogP contribution in [0.3, 0.4) is 0 Å². The van der Waals surface area contributed by atoms with Crippen LogP contribution in [-0.2, 0) is 12.3 Å². The molecule has 1 aliphatic rings. The van der Waals surface area contributed by atoms with Crippen molar-refractivity contribution in [3.8, 4) is 11.5 Å². The minimum Gasteiger partial charge on any atom is -0.444 e. The summed E-state index contributed by atoms with van der Waals surface area (Å²) in [5.41, 5.74) is 3.39. The van der Waals surface area contributed by atoms with E-state index in [1.165, 1.54) is 5.56 Å². The van der Waals surface area contributed by atoms with Crippen molar-refractivity contribution in [2.45, 2.75) is 50.8 Å². The lowest BCUT2D eigenvalue weighted by Crippen LogP contribution is -2.35. The Morgan fingerprint density at radius 1 is 0.909 bits per heavy atom. The fraction of sp³-hybridized carbons (Fsp3) is 0.241. The van der Waals surface area contributed by atoms with Crippen LogP contribution in [-0.4, -0.2) is 0 Å². The molecule has 0 fully saturated rings. The van der Waals surface area contributed by atoms with Crippen molar-refractivity contribution >= 4 is 11.9 Å². The zero-order chi connectivity index (χ0) is 23.5. The average Bonchev–Trinajstić information content (AvgIpc) is 3.23. The molecular formula is C29H33NO2S. The molecule has 172 valence electrons. The van der Waals surface area contributed by atoms with Crippen LogP contribution in [0.5, 0.6) is 11.5 Å². The van der Waals surface area contributed by atoms with Crippen LogP contribution in [0.15, 0.2) is 108 Å². The van der Waals surface area contributed by atoms with Crippen LogP contribution in [0.4, 0.5) is 0 Å². The van der Waals surface area contributed by atoms with Crippen LogP contribution >= 0.6 is 11.9 Å². The quantitative estimate of drug-likeness (QED) is 0.273. The Morgan fingerprint density at radius 2 is 1.55 bits per heavy atom. The van der Waals surface area contributed by atoms with E-state index in [2.05, 4.69) is 53.8 Å². The molecule has 0 saturated carbocycles. The molecule has 0 bridgehead atoms. The topological polar surface area (TPSA) is 30.5 Å². The molecular weight excluding hydrogens is 426 g/mol. The van der Waals surface area contributed by atoms with Crippen LogP contribution in [0, 0.1) is 0 Å². The van der Waals surface area contributed by atoms with Gasteiger partial charge in [-0.05, 0) is 62.9 Å². The van der Waals surface area contributed by atoms with E-state index in [4.69, 9.17) is 9.47 Å². The van der Waals surface area contributed by atoms with Gasteiger partial charge in [0, 0.05) is 23.4 Å². The van der Waals surface area contributed by atoms with Crippen molar-refractivity contribution < 1.29 is 9.47 Å². The van der Waals surface area contributed by atoms with Crippen LogP contribution in [0.1, 0.15) is 44.7 Å². The van der Waals surface area contributed by atoms with Crippen molar-refractivity contribution in [3.05, 3.63) is 114 Å². The summed E-state index contributed by atoms with van der Waals surface area (Å²) in [7, 11) is 0. The van der Waals surface area contributed by atoms with E-state index >= 15 is 0 Å². The average molecular weight is 460 g/mol. The second-order valence-corrected chi connectivity index (χ2v) is 8.93. The number of allylic oxidation sites excluding steroid dienone is 3. The first-order valence-electron chi connectivity index (χ1n) is 11.3. The van der Waals surface area contributed by atoms with Gasteiger partial charge in [-0.2, -0.15) is 0 Å². The van der Waals surface area contributed by atoms with Crippen LogP contribution in [0.2, 0.25) is 0 Å². The van der Waals surface area contributed by atoms with Gasteiger partial charge in [-0.25, -0.2) is 0 Å².